The van der Waals surface area contributed by atoms with Crippen LogP contribution in [0.15, 0.2) is 12.4 Å². The first-order valence-electron chi connectivity index (χ1n) is 25.4. The summed E-state index contributed by atoms with van der Waals surface area (Å²) in [5.41, 5.74) is 0. The van der Waals surface area contributed by atoms with E-state index in [-0.39, 0.29) is 0 Å². The molecule has 0 spiro atoms. The number of hydrogen-bond donors (Lipinski definition) is 0. The summed E-state index contributed by atoms with van der Waals surface area (Å²) >= 11 is 0. The first-order valence-corrected chi connectivity index (χ1v) is 25.4. The molecule has 0 saturated carbocycles. The quantitative estimate of drug-likeness (QED) is 0.0465. The molecule has 0 aliphatic heterocycles. The normalized spacial score (nSPS) is 11.7. The van der Waals surface area contributed by atoms with Gasteiger partial charge in [-0.15, -0.1) is 0 Å². The van der Waals surface area contributed by atoms with Crippen molar-refractivity contribution in [3.63, 3.8) is 0 Å². The third-order valence-electron chi connectivity index (χ3n) is 12.3. The Bertz CT molecular complexity index is 764. The number of aryl methyl sites for hydroxylation is 2. The highest BCUT2D eigenvalue weighted by Gasteiger charge is 2.16. The monoisotopic (exact) mass is 742 g/mol. The summed E-state index contributed by atoms with van der Waals surface area (Å²) in [5, 5.41) is 0. The summed E-state index contributed by atoms with van der Waals surface area (Å²) in [5.74, 6) is 1.63. The maximum Gasteiger partial charge on any atom is 0.256 e. The van der Waals surface area contributed by atoms with E-state index in [1.807, 2.05) is 0 Å². The minimum absolute atomic E-state index is 1.23. The third kappa shape index (κ3) is 34.2. The zero-order valence-electron chi connectivity index (χ0n) is 37.4. The van der Waals surface area contributed by atoms with Gasteiger partial charge in [-0.2, -0.15) is 0 Å². The molecule has 0 fully saturated rings. The van der Waals surface area contributed by atoms with Crippen molar-refractivity contribution in [2.75, 3.05) is 0 Å². The van der Waals surface area contributed by atoms with Crippen LogP contribution in [0.5, 0.6) is 0 Å². The van der Waals surface area contributed by atoms with Gasteiger partial charge in [-0.1, -0.05) is 258 Å². The summed E-state index contributed by atoms with van der Waals surface area (Å²) in [4.78, 5) is 0. The number of hydrogen-bond acceptors (Lipinski definition) is 0. The Morgan fingerprint density at radius 2 is 0.585 bits per heavy atom. The largest absolute Gasteiger partial charge is 0.256 e. The van der Waals surface area contributed by atoms with Crippen LogP contribution < -0.4 is 4.57 Å². The zero-order chi connectivity index (χ0) is 38.0. The molecule has 1 aromatic heterocycles. The molecule has 0 N–H and O–H groups in total. The predicted molar refractivity (Wildman–Crippen MR) is 239 cm³/mol. The average molecular weight is 742 g/mol. The molecule has 0 bridgehead atoms. The molecule has 0 unspecified atom stereocenters. The van der Waals surface area contributed by atoms with Gasteiger partial charge >= 0.3 is 0 Å². The molecule has 0 saturated heterocycles. The smallest absolute Gasteiger partial charge is 0.234 e. The SMILES string of the molecule is CCCCCCCCCCCCCCCCCCc1n(CCCCCCCCCCCCCCC)cc[n+]1CCCCCCCCCCCCCCC. The number of aromatic nitrogens is 2. The van der Waals surface area contributed by atoms with Gasteiger partial charge in [-0.05, 0) is 32.1 Å². The highest BCUT2D eigenvalue weighted by molar-refractivity contribution is 4.84. The molecular weight excluding hydrogens is 641 g/mol. The molecular formula is C51H101N2+. The Morgan fingerprint density at radius 3 is 0.906 bits per heavy atom. The van der Waals surface area contributed by atoms with E-state index in [9.17, 15) is 0 Å². The maximum absolute atomic E-state index is 2.66. The molecule has 53 heavy (non-hydrogen) atoms. The Hall–Kier alpha value is -0.790. The van der Waals surface area contributed by atoms with Gasteiger partial charge in [-0.3, -0.25) is 0 Å². The van der Waals surface area contributed by atoms with Gasteiger partial charge < -0.3 is 0 Å². The van der Waals surface area contributed by atoms with Crippen LogP contribution in [-0.2, 0) is 19.5 Å². The van der Waals surface area contributed by atoms with E-state index < -0.39 is 0 Å². The molecule has 0 aromatic carbocycles. The minimum Gasteiger partial charge on any atom is -0.234 e. The molecule has 0 amide bonds. The van der Waals surface area contributed by atoms with Crippen molar-refractivity contribution in [2.24, 2.45) is 0 Å². The van der Waals surface area contributed by atoms with Crippen molar-refractivity contribution in [2.45, 2.75) is 310 Å². The summed E-state index contributed by atoms with van der Waals surface area (Å²) in [6.45, 7) is 9.42. The molecule has 2 heteroatoms. The lowest BCUT2D eigenvalue weighted by atomic mass is 10.0. The van der Waals surface area contributed by atoms with Crippen LogP contribution in [0.3, 0.4) is 0 Å². The van der Waals surface area contributed by atoms with Gasteiger partial charge in [0.25, 0.3) is 5.82 Å². The molecule has 0 atom stereocenters. The van der Waals surface area contributed by atoms with Crippen LogP contribution >= 0.6 is 0 Å². The van der Waals surface area contributed by atoms with Crippen LogP contribution in [0.4, 0.5) is 0 Å². The van der Waals surface area contributed by atoms with Gasteiger partial charge in [0.2, 0.25) is 0 Å². The number of imidazole rings is 1. The fourth-order valence-electron chi connectivity index (χ4n) is 8.62. The second-order valence-corrected chi connectivity index (χ2v) is 17.6. The Balaban J connectivity index is 2.26. The lowest BCUT2D eigenvalue weighted by Gasteiger charge is -2.07. The lowest BCUT2D eigenvalue weighted by Crippen LogP contribution is -2.37. The van der Waals surface area contributed by atoms with E-state index in [1.165, 1.54) is 289 Å². The first-order chi connectivity index (χ1) is 26.3. The van der Waals surface area contributed by atoms with Gasteiger partial charge in [0, 0.05) is 6.42 Å². The van der Waals surface area contributed by atoms with Gasteiger partial charge in [0.15, 0.2) is 0 Å². The summed E-state index contributed by atoms with van der Waals surface area (Å²) in [6.07, 6.45) is 66.8. The van der Waals surface area contributed by atoms with Crippen LogP contribution in [0, 0.1) is 0 Å². The fraction of sp³-hybridized carbons (Fsp3) is 0.941. The summed E-state index contributed by atoms with van der Waals surface area (Å²) in [6, 6.07) is 0. The second kappa shape index (κ2) is 42.4. The van der Waals surface area contributed by atoms with Gasteiger partial charge in [0.1, 0.15) is 12.4 Å². The van der Waals surface area contributed by atoms with Crippen molar-refractivity contribution in [3.8, 4) is 0 Å². The van der Waals surface area contributed by atoms with Crippen LogP contribution in [0.2, 0.25) is 0 Å². The zero-order valence-corrected chi connectivity index (χ0v) is 37.4. The Kier molecular flexibility index (Phi) is 40.1. The maximum atomic E-state index is 2.66. The predicted octanol–water partition coefficient (Wildman–Crippen LogP) is 17.8. The number of rotatable bonds is 45. The average Bonchev–Trinajstić information content (AvgIpc) is 3.55. The van der Waals surface area contributed by atoms with E-state index in [1.54, 1.807) is 5.82 Å². The number of unbranched alkanes of at least 4 members (excludes halogenated alkanes) is 39. The highest BCUT2D eigenvalue weighted by atomic mass is 15.1. The van der Waals surface area contributed by atoms with E-state index in [0.29, 0.717) is 0 Å². The van der Waals surface area contributed by atoms with Crippen molar-refractivity contribution >= 4 is 0 Å². The fourth-order valence-corrected chi connectivity index (χ4v) is 8.62. The molecule has 0 aliphatic carbocycles. The molecule has 1 heterocycles. The van der Waals surface area contributed by atoms with Crippen LogP contribution in [0.25, 0.3) is 0 Å². The van der Waals surface area contributed by atoms with E-state index in [2.05, 4.69) is 42.3 Å². The standard InChI is InChI=1S/C51H101N2/c1-4-7-10-13-16-19-22-25-26-27-28-31-34-37-40-43-46-51-52(47-44-41-38-35-32-29-23-20-17-14-11-8-5-2)49-50-53(51)48-45-42-39-36-33-30-24-21-18-15-12-9-6-3/h49-50H,4-48H2,1-3H3/q+1. The topological polar surface area (TPSA) is 8.81 Å². The highest BCUT2D eigenvalue weighted by Crippen LogP contribution is 2.17. The van der Waals surface area contributed by atoms with Crippen molar-refractivity contribution < 1.29 is 4.57 Å². The molecule has 1 aromatic rings. The third-order valence-corrected chi connectivity index (χ3v) is 12.3. The molecule has 0 aliphatic rings. The van der Waals surface area contributed by atoms with E-state index in [0.717, 1.165) is 0 Å². The summed E-state index contributed by atoms with van der Waals surface area (Å²) < 4.78 is 5.32. The summed E-state index contributed by atoms with van der Waals surface area (Å²) in [7, 11) is 0. The molecule has 314 valence electrons. The molecule has 1 rings (SSSR count). The van der Waals surface area contributed by atoms with Crippen LogP contribution in [-0.4, -0.2) is 4.57 Å². The Labute approximate surface area is 336 Å². The number of nitrogens with zero attached hydrogens (tertiary/aromatic N) is 2. The molecule has 2 nitrogen and oxygen atoms in total. The second-order valence-electron chi connectivity index (χ2n) is 17.6. The van der Waals surface area contributed by atoms with Crippen molar-refractivity contribution in [3.05, 3.63) is 18.2 Å². The molecule has 0 radical (unpaired) electrons. The Morgan fingerprint density at radius 1 is 0.321 bits per heavy atom. The lowest BCUT2D eigenvalue weighted by molar-refractivity contribution is -0.704. The van der Waals surface area contributed by atoms with E-state index >= 15 is 0 Å². The van der Waals surface area contributed by atoms with Crippen molar-refractivity contribution in [1.29, 1.82) is 0 Å². The van der Waals surface area contributed by atoms with Gasteiger partial charge in [0.05, 0.1) is 13.1 Å². The van der Waals surface area contributed by atoms with Crippen molar-refractivity contribution in [1.82, 2.24) is 4.57 Å². The minimum atomic E-state index is 1.23. The van der Waals surface area contributed by atoms with Crippen LogP contribution in [0.1, 0.15) is 296 Å². The van der Waals surface area contributed by atoms with E-state index in [4.69, 9.17) is 0 Å². The van der Waals surface area contributed by atoms with Gasteiger partial charge in [-0.25, -0.2) is 9.13 Å². The first kappa shape index (κ1) is 50.2.